The molecule has 0 heterocycles. The van der Waals surface area contributed by atoms with E-state index in [4.69, 9.17) is 9.47 Å². The third-order valence-corrected chi connectivity index (χ3v) is 2.20. The number of rotatable bonds is 7. The highest BCUT2D eigenvalue weighted by Crippen LogP contribution is 2.04. The third-order valence-electron chi connectivity index (χ3n) is 2.20. The molecule has 2 N–H and O–H groups in total. The Hall–Kier alpha value is -0.0800. The molecule has 0 aliphatic carbocycles. The summed E-state index contributed by atoms with van der Waals surface area (Å²) in [4.78, 5) is 4.11. The highest BCUT2D eigenvalue weighted by atomic mass is 127. The fourth-order valence-electron chi connectivity index (χ4n) is 0.975. The van der Waals surface area contributed by atoms with Crippen molar-refractivity contribution in [2.24, 2.45) is 4.99 Å². The van der Waals surface area contributed by atoms with Crippen molar-refractivity contribution < 1.29 is 9.47 Å². The van der Waals surface area contributed by atoms with Crippen LogP contribution in [0.3, 0.4) is 0 Å². The number of nitrogens with one attached hydrogen (secondary N) is 2. The number of methoxy groups -OCH3 is 1. The van der Waals surface area contributed by atoms with Gasteiger partial charge in [-0.15, -0.1) is 24.0 Å². The molecule has 0 rings (SSSR count). The summed E-state index contributed by atoms with van der Waals surface area (Å²) in [6.45, 7) is 8.91. The molecule has 0 bridgehead atoms. The Bertz CT molecular complexity index is 211. The average Bonchev–Trinajstić information content (AvgIpc) is 2.28. The molecule has 0 unspecified atom stereocenters. The van der Waals surface area contributed by atoms with Crippen LogP contribution in [0.2, 0.25) is 0 Å². The lowest BCUT2D eigenvalue weighted by atomic mass is 10.1. The second-order valence-corrected chi connectivity index (χ2v) is 4.01. The van der Waals surface area contributed by atoms with Gasteiger partial charge in [-0.25, -0.2) is 0 Å². The third kappa shape index (κ3) is 10.8. The highest BCUT2D eigenvalue weighted by Gasteiger charge is 2.16. The van der Waals surface area contributed by atoms with E-state index < -0.39 is 0 Å². The van der Waals surface area contributed by atoms with Crippen molar-refractivity contribution >= 4 is 29.9 Å². The molecule has 0 saturated carbocycles. The van der Waals surface area contributed by atoms with Crippen LogP contribution in [0.1, 0.15) is 20.8 Å². The van der Waals surface area contributed by atoms with E-state index in [-0.39, 0.29) is 29.6 Å². The molecule has 0 aromatic carbocycles. The normalized spacial score (nSPS) is 11.9. The van der Waals surface area contributed by atoms with Gasteiger partial charge in [0.15, 0.2) is 5.96 Å². The summed E-state index contributed by atoms with van der Waals surface area (Å²) in [7, 11) is 3.45. The van der Waals surface area contributed by atoms with Gasteiger partial charge in [0.25, 0.3) is 0 Å². The lowest BCUT2D eigenvalue weighted by molar-refractivity contribution is 0.0268. The SMILES string of the molecule is CCOCCNC(=NC)NCC(C)(C)OC.I. The molecular formula is C11H26IN3O2. The molecule has 0 aliphatic heterocycles. The van der Waals surface area contributed by atoms with E-state index in [1.807, 2.05) is 20.8 Å². The van der Waals surface area contributed by atoms with Crippen molar-refractivity contribution in [2.75, 3.05) is 40.5 Å². The van der Waals surface area contributed by atoms with Crippen LogP contribution in [0.25, 0.3) is 0 Å². The Morgan fingerprint density at radius 3 is 2.41 bits per heavy atom. The van der Waals surface area contributed by atoms with Gasteiger partial charge in [0.1, 0.15) is 0 Å². The molecular weight excluding hydrogens is 333 g/mol. The number of halogens is 1. The van der Waals surface area contributed by atoms with Crippen molar-refractivity contribution in [2.45, 2.75) is 26.4 Å². The Kier molecular flexibility index (Phi) is 12.5. The monoisotopic (exact) mass is 359 g/mol. The fraction of sp³-hybridized carbons (Fsp3) is 0.909. The first-order valence-corrected chi connectivity index (χ1v) is 5.63. The summed E-state index contributed by atoms with van der Waals surface area (Å²) in [5.74, 6) is 0.768. The van der Waals surface area contributed by atoms with Crippen LogP contribution < -0.4 is 10.6 Å². The molecule has 0 aromatic rings. The summed E-state index contributed by atoms with van der Waals surface area (Å²) in [5.41, 5.74) is -0.197. The first kappa shape index (κ1) is 19.3. The molecule has 6 heteroatoms. The number of hydrogen-bond acceptors (Lipinski definition) is 3. The molecule has 5 nitrogen and oxygen atoms in total. The van der Waals surface area contributed by atoms with E-state index in [0.717, 1.165) is 19.1 Å². The highest BCUT2D eigenvalue weighted by molar-refractivity contribution is 14.0. The number of guanidine groups is 1. The maximum Gasteiger partial charge on any atom is 0.191 e. The van der Waals surface area contributed by atoms with Crippen molar-refractivity contribution in [3.05, 3.63) is 0 Å². The second-order valence-electron chi connectivity index (χ2n) is 4.01. The zero-order valence-corrected chi connectivity index (χ0v) is 13.8. The molecule has 0 radical (unpaired) electrons. The lowest BCUT2D eigenvalue weighted by Gasteiger charge is -2.24. The fourth-order valence-corrected chi connectivity index (χ4v) is 0.975. The Balaban J connectivity index is 0. The lowest BCUT2D eigenvalue weighted by Crippen LogP contribution is -2.46. The van der Waals surface area contributed by atoms with Crippen LogP contribution in [0.4, 0.5) is 0 Å². The van der Waals surface area contributed by atoms with E-state index in [0.29, 0.717) is 13.2 Å². The molecule has 104 valence electrons. The minimum atomic E-state index is -0.197. The van der Waals surface area contributed by atoms with Gasteiger partial charge in [0, 0.05) is 33.9 Å². The van der Waals surface area contributed by atoms with Crippen LogP contribution in [0.5, 0.6) is 0 Å². The molecule has 0 spiro atoms. The quantitative estimate of drug-likeness (QED) is 0.311. The van der Waals surface area contributed by atoms with Crippen LogP contribution >= 0.6 is 24.0 Å². The van der Waals surface area contributed by atoms with Gasteiger partial charge in [-0.1, -0.05) is 0 Å². The minimum Gasteiger partial charge on any atom is -0.380 e. The van der Waals surface area contributed by atoms with Gasteiger partial charge < -0.3 is 20.1 Å². The summed E-state index contributed by atoms with van der Waals surface area (Å²) >= 11 is 0. The molecule has 0 saturated heterocycles. The van der Waals surface area contributed by atoms with Crippen LogP contribution in [-0.2, 0) is 9.47 Å². The molecule has 0 amide bonds. The van der Waals surface area contributed by atoms with Crippen molar-refractivity contribution in [1.82, 2.24) is 10.6 Å². The maximum absolute atomic E-state index is 5.31. The van der Waals surface area contributed by atoms with Crippen LogP contribution in [0, 0.1) is 0 Å². The van der Waals surface area contributed by atoms with Gasteiger partial charge in [-0.3, -0.25) is 4.99 Å². The van der Waals surface area contributed by atoms with E-state index >= 15 is 0 Å². The Morgan fingerprint density at radius 1 is 1.29 bits per heavy atom. The van der Waals surface area contributed by atoms with Crippen LogP contribution in [-0.4, -0.2) is 52.0 Å². The second kappa shape index (κ2) is 11.0. The van der Waals surface area contributed by atoms with Gasteiger partial charge in [-0.2, -0.15) is 0 Å². The van der Waals surface area contributed by atoms with Gasteiger partial charge in [0.2, 0.25) is 0 Å². The largest absolute Gasteiger partial charge is 0.380 e. The maximum atomic E-state index is 5.31. The van der Waals surface area contributed by atoms with Gasteiger partial charge in [-0.05, 0) is 20.8 Å². The first-order valence-electron chi connectivity index (χ1n) is 5.63. The summed E-state index contributed by atoms with van der Waals surface area (Å²) in [6, 6.07) is 0. The van der Waals surface area contributed by atoms with Gasteiger partial charge in [0.05, 0.1) is 12.2 Å². The number of ether oxygens (including phenoxy) is 2. The van der Waals surface area contributed by atoms with Crippen LogP contribution in [0.15, 0.2) is 4.99 Å². The number of aliphatic imine (C=N–C) groups is 1. The molecule has 0 atom stereocenters. The standard InChI is InChI=1S/C11H25N3O2.HI/c1-6-16-8-7-13-10(12-4)14-9-11(2,3)15-5;/h6-9H2,1-5H3,(H2,12,13,14);1H. The number of nitrogens with zero attached hydrogens (tertiary/aromatic N) is 1. The van der Waals surface area contributed by atoms with Crippen molar-refractivity contribution in [1.29, 1.82) is 0 Å². The zero-order valence-electron chi connectivity index (χ0n) is 11.5. The topological polar surface area (TPSA) is 54.9 Å². The van der Waals surface area contributed by atoms with E-state index in [9.17, 15) is 0 Å². The molecule has 0 aliphatic rings. The molecule has 0 aromatic heterocycles. The average molecular weight is 359 g/mol. The minimum absolute atomic E-state index is 0. The summed E-state index contributed by atoms with van der Waals surface area (Å²) < 4.78 is 10.5. The van der Waals surface area contributed by atoms with E-state index in [2.05, 4.69) is 15.6 Å². The number of hydrogen-bond donors (Lipinski definition) is 2. The predicted octanol–water partition coefficient (Wildman–Crippen LogP) is 1.23. The van der Waals surface area contributed by atoms with Crippen molar-refractivity contribution in [3.63, 3.8) is 0 Å². The predicted molar refractivity (Wildman–Crippen MR) is 82.4 cm³/mol. The Morgan fingerprint density at radius 2 is 1.94 bits per heavy atom. The first-order chi connectivity index (χ1) is 7.55. The summed E-state index contributed by atoms with van der Waals surface area (Å²) in [6.07, 6.45) is 0. The molecule has 0 fully saturated rings. The van der Waals surface area contributed by atoms with Gasteiger partial charge >= 0.3 is 0 Å². The summed E-state index contributed by atoms with van der Waals surface area (Å²) in [5, 5.41) is 6.36. The van der Waals surface area contributed by atoms with E-state index in [1.54, 1.807) is 14.2 Å². The van der Waals surface area contributed by atoms with E-state index in [1.165, 1.54) is 0 Å². The Labute approximate surface area is 122 Å². The zero-order chi connectivity index (χ0) is 12.4. The molecule has 17 heavy (non-hydrogen) atoms. The van der Waals surface area contributed by atoms with Crippen molar-refractivity contribution in [3.8, 4) is 0 Å². The smallest absolute Gasteiger partial charge is 0.191 e.